The summed E-state index contributed by atoms with van der Waals surface area (Å²) in [6.07, 6.45) is 0. The van der Waals surface area contributed by atoms with E-state index in [0.717, 1.165) is 15.5 Å². The van der Waals surface area contributed by atoms with Gasteiger partial charge < -0.3 is 5.32 Å². The maximum Gasteiger partial charge on any atom is 0.239 e. The maximum absolute atomic E-state index is 12.1. The Kier molecular flexibility index (Phi) is 5.07. The van der Waals surface area contributed by atoms with Crippen LogP contribution in [-0.4, -0.2) is 16.1 Å². The number of hydrogen-bond acceptors (Lipinski definition) is 4. The fraction of sp³-hybridized carbons (Fsp3) is 0.286. The van der Waals surface area contributed by atoms with Crippen LogP contribution in [0, 0.1) is 13.8 Å². The molecule has 0 bridgehead atoms. The van der Waals surface area contributed by atoms with Crippen LogP contribution in [0.25, 0.3) is 0 Å². The summed E-state index contributed by atoms with van der Waals surface area (Å²) in [6.45, 7) is 5.81. The Balaban J connectivity index is 1.96. The summed E-state index contributed by atoms with van der Waals surface area (Å²) >= 11 is 8.84. The van der Waals surface area contributed by atoms with E-state index in [1.807, 2.05) is 45.0 Å². The van der Waals surface area contributed by atoms with Gasteiger partial charge in [0.05, 0.1) is 10.9 Å². The van der Waals surface area contributed by atoms with Gasteiger partial charge in [-0.15, -0.1) is 23.1 Å². The molecule has 3 nitrogen and oxygen atoms in total. The number of rotatable bonds is 4. The van der Waals surface area contributed by atoms with Crippen molar-refractivity contribution in [1.82, 2.24) is 4.98 Å². The lowest BCUT2D eigenvalue weighted by atomic mass is 10.4. The Bertz CT molecular complexity index is 591. The molecule has 1 N–H and O–H groups in total. The predicted octanol–water partition coefficient (Wildman–Crippen LogP) is 4.53. The van der Waals surface area contributed by atoms with Crippen LogP contribution >= 0.6 is 34.7 Å². The van der Waals surface area contributed by atoms with E-state index in [1.165, 1.54) is 23.1 Å². The van der Waals surface area contributed by atoms with E-state index in [1.54, 1.807) is 0 Å². The third kappa shape index (κ3) is 3.98. The van der Waals surface area contributed by atoms with Crippen LogP contribution in [0.2, 0.25) is 5.02 Å². The molecule has 1 heterocycles. The molecule has 106 valence electrons. The lowest BCUT2D eigenvalue weighted by Gasteiger charge is -2.10. The molecule has 2 rings (SSSR count). The highest BCUT2D eigenvalue weighted by Gasteiger charge is 2.16. The van der Waals surface area contributed by atoms with Gasteiger partial charge in [0.1, 0.15) is 0 Å². The zero-order chi connectivity index (χ0) is 14.7. The van der Waals surface area contributed by atoms with Crippen molar-refractivity contribution in [3.05, 3.63) is 39.9 Å². The third-order valence-corrected chi connectivity index (χ3v) is 5.11. The largest absolute Gasteiger partial charge is 0.301 e. The summed E-state index contributed by atoms with van der Waals surface area (Å²) in [4.78, 5) is 18.6. The van der Waals surface area contributed by atoms with Gasteiger partial charge in [-0.3, -0.25) is 4.79 Å². The molecule has 1 aromatic heterocycles. The van der Waals surface area contributed by atoms with Crippen molar-refractivity contribution in [2.75, 3.05) is 5.32 Å². The second kappa shape index (κ2) is 6.61. The number of aryl methyl sites for hydroxylation is 2. The number of thiazole rings is 1. The van der Waals surface area contributed by atoms with Crippen molar-refractivity contribution in [3.63, 3.8) is 0 Å². The molecule has 2 aromatic rings. The Morgan fingerprint density at radius 3 is 2.55 bits per heavy atom. The van der Waals surface area contributed by atoms with Crippen LogP contribution in [0.5, 0.6) is 0 Å². The number of halogens is 1. The number of benzene rings is 1. The molecule has 1 amide bonds. The minimum atomic E-state index is -0.194. The van der Waals surface area contributed by atoms with E-state index in [9.17, 15) is 4.79 Å². The van der Waals surface area contributed by atoms with Crippen molar-refractivity contribution in [2.24, 2.45) is 0 Å². The highest BCUT2D eigenvalue weighted by Crippen LogP contribution is 2.27. The summed E-state index contributed by atoms with van der Waals surface area (Å²) in [5, 5.41) is 4.02. The van der Waals surface area contributed by atoms with Gasteiger partial charge in [0.15, 0.2) is 5.13 Å². The fourth-order valence-electron chi connectivity index (χ4n) is 1.50. The molecule has 0 saturated heterocycles. The summed E-state index contributed by atoms with van der Waals surface area (Å²) in [7, 11) is 0. The average Bonchev–Trinajstić information content (AvgIpc) is 2.71. The standard InChI is InChI=1S/C14H15ClN2OS2/c1-8-9(2)20-14(16-8)17-13(18)10(3)19-12-6-4-11(15)5-7-12/h4-7,10H,1-3H3,(H,16,17,18). The van der Waals surface area contributed by atoms with Crippen molar-refractivity contribution in [2.45, 2.75) is 30.9 Å². The first-order valence-corrected chi connectivity index (χ1v) is 8.20. The zero-order valence-corrected chi connectivity index (χ0v) is 13.8. The first kappa shape index (κ1) is 15.4. The van der Waals surface area contributed by atoms with Crippen LogP contribution in [-0.2, 0) is 4.79 Å². The van der Waals surface area contributed by atoms with E-state index in [0.29, 0.717) is 10.2 Å². The van der Waals surface area contributed by atoms with Gasteiger partial charge in [-0.2, -0.15) is 0 Å². The molecular weight excluding hydrogens is 312 g/mol. The van der Waals surface area contributed by atoms with Crippen LogP contribution in [0.3, 0.4) is 0 Å². The number of aromatic nitrogens is 1. The van der Waals surface area contributed by atoms with Gasteiger partial charge in [0.2, 0.25) is 5.91 Å². The number of hydrogen-bond donors (Lipinski definition) is 1. The van der Waals surface area contributed by atoms with Crippen molar-refractivity contribution < 1.29 is 4.79 Å². The lowest BCUT2D eigenvalue weighted by Crippen LogP contribution is -2.22. The molecule has 0 radical (unpaired) electrons. The molecule has 0 saturated carbocycles. The molecule has 0 aliphatic carbocycles. The third-order valence-electron chi connectivity index (χ3n) is 2.75. The molecule has 1 aromatic carbocycles. The van der Waals surface area contributed by atoms with Crippen molar-refractivity contribution in [3.8, 4) is 0 Å². The minimum Gasteiger partial charge on any atom is -0.301 e. The Morgan fingerprint density at radius 1 is 1.35 bits per heavy atom. The van der Waals surface area contributed by atoms with E-state index in [2.05, 4.69) is 10.3 Å². The summed E-state index contributed by atoms with van der Waals surface area (Å²) in [5.74, 6) is -0.0429. The normalized spacial score (nSPS) is 12.2. The SMILES string of the molecule is Cc1nc(NC(=O)C(C)Sc2ccc(Cl)cc2)sc1C. The Morgan fingerprint density at radius 2 is 2.00 bits per heavy atom. The number of amides is 1. The van der Waals surface area contributed by atoms with Gasteiger partial charge in [-0.1, -0.05) is 11.6 Å². The van der Waals surface area contributed by atoms with Crippen LogP contribution in [0.4, 0.5) is 5.13 Å². The minimum absolute atomic E-state index is 0.0429. The number of nitrogens with zero attached hydrogens (tertiary/aromatic N) is 1. The molecule has 0 spiro atoms. The maximum atomic E-state index is 12.1. The topological polar surface area (TPSA) is 42.0 Å². The van der Waals surface area contributed by atoms with Crippen molar-refractivity contribution in [1.29, 1.82) is 0 Å². The van der Waals surface area contributed by atoms with Gasteiger partial charge in [0.25, 0.3) is 0 Å². The number of thioether (sulfide) groups is 1. The molecular formula is C14H15ClN2OS2. The van der Waals surface area contributed by atoms with E-state index in [4.69, 9.17) is 11.6 Å². The zero-order valence-electron chi connectivity index (χ0n) is 11.4. The molecule has 1 atom stereocenters. The summed E-state index contributed by atoms with van der Waals surface area (Å²) in [5.41, 5.74) is 0.961. The van der Waals surface area contributed by atoms with Gasteiger partial charge in [-0.25, -0.2) is 4.98 Å². The van der Waals surface area contributed by atoms with Gasteiger partial charge in [-0.05, 0) is 45.0 Å². The van der Waals surface area contributed by atoms with Crippen molar-refractivity contribution >= 4 is 45.7 Å². The van der Waals surface area contributed by atoms with E-state index < -0.39 is 0 Å². The highest BCUT2D eigenvalue weighted by molar-refractivity contribution is 8.00. The molecule has 20 heavy (non-hydrogen) atoms. The second-order valence-electron chi connectivity index (χ2n) is 4.36. The van der Waals surface area contributed by atoms with Crippen LogP contribution in [0.1, 0.15) is 17.5 Å². The predicted molar refractivity (Wildman–Crippen MR) is 87.0 cm³/mol. The first-order valence-electron chi connectivity index (χ1n) is 6.13. The number of carbonyl (C=O) groups is 1. The highest BCUT2D eigenvalue weighted by atomic mass is 35.5. The average molecular weight is 327 g/mol. The second-order valence-corrected chi connectivity index (χ2v) is 7.42. The quantitative estimate of drug-likeness (QED) is 0.839. The number of carbonyl (C=O) groups excluding carboxylic acids is 1. The Hall–Kier alpha value is -1.04. The van der Waals surface area contributed by atoms with Gasteiger partial charge >= 0.3 is 0 Å². The molecule has 0 fully saturated rings. The molecule has 1 unspecified atom stereocenters. The Labute approximate surface area is 131 Å². The molecule has 0 aliphatic heterocycles. The lowest BCUT2D eigenvalue weighted by molar-refractivity contribution is -0.115. The van der Waals surface area contributed by atoms with Gasteiger partial charge in [0, 0.05) is 14.8 Å². The number of anilines is 1. The monoisotopic (exact) mass is 326 g/mol. The molecule has 6 heteroatoms. The summed E-state index contributed by atoms with van der Waals surface area (Å²) in [6, 6.07) is 7.47. The van der Waals surface area contributed by atoms with E-state index >= 15 is 0 Å². The van der Waals surface area contributed by atoms with Crippen LogP contribution < -0.4 is 5.32 Å². The molecule has 0 aliphatic rings. The van der Waals surface area contributed by atoms with E-state index in [-0.39, 0.29) is 11.2 Å². The number of nitrogens with one attached hydrogen (secondary N) is 1. The smallest absolute Gasteiger partial charge is 0.239 e. The van der Waals surface area contributed by atoms with Crippen LogP contribution in [0.15, 0.2) is 29.2 Å². The summed E-state index contributed by atoms with van der Waals surface area (Å²) < 4.78 is 0. The first-order chi connectivity index (χ1) is 9.45. The fourth-order valence-corrected chi connectivity index (χ4v) is 3.32.